The van der Waals surface area contributed by atoms with Crippen LogP contribution in [0.25, 0.3) is 0 Å². The molecule has 1 rings (SSSR count). The lowest BCUT2D eigenvalue weighted by Gasteiger charge is -2.16. The molecular formula is C16H29IN4. The van der Waals surface area contributed by atoms with Crippen molar-refractivity contribution in [1.29, 1.82) is 0 Å². The number of hydrogen-bond donors (Lipinski definition) is 2. The quantitative estimate of drug-likeness (QED) is 0.416. The summed E-state index contributed by atoms with van der Waals surface area (Å²) in [6, 6.07) is 8.31. The number of hydrogen-bond acceptors (Lipinski definition) is 2. The summed E-state index contributed by atoms with van der Waals surface area (Å²) in [5.41, 5.74) is 8.22. The number of nitrogens with zero attached hydrogens (tertiary/aromatic N) is 2. The molecule has 0 fully saturated rings. The van der Waals surface area contributed by atoms with Gasteiger partial charge in [-0.05, 0) is 36.7 Å². The molecule has 0 unspecified atom stereocenters. The predicted molar refractivity (Wildman–Crippen MR) is 104 cm³/mol. The second kappa shape index (κ2) is 10.8. The molecule has 0 radical (unpaired) electrons. The Balaban J connectivity index is 0.00000400. The monoisotopic (exact) mass is 404 g/mol. The topological polar surface area (TPSA) is 53.6 Å². The summed E-state index contributed by atoms with van der Waals surface area (Å²) in [5, 5.41) is 3.16. The van der Waals surface area contributed by atoms with Gasteiger partial charge in [0.15, 0.2) is 5.96 Å². The number of halogens is 1. The summed E-state index contributed by atoms with van der Waals surface area (Å²) in [7, 11) is 0. The number of rotatable bonds is 7. The van der Waals surface area contributed by atoms with Crippen LogP contribution in [0.5, 0.6) is 0 Å². The van der Waals surface area contributed by atoms with Crippen LogP contribution in [0.15, 0.2) is 29.3 Å². The second-order valence-electron chi connectivity index (χ2n) is 5.20. The van der Waals surface area contributed by atoms with Crippen LogP contribution in [-0.2, 0) is 0 Å². The van der Waals surface area contributed by atoms with Crippen LogP contribution in [0, 0.1) is 0 Å². The molecule has 0 saturated heterocycles. The predicted octanol–water partition coefficient (Wildman–Crippen LogP) is 3.50. The maximum atomic E-state index is 5.92. The minimum absolute atomic E-state index is 0. The van der Waals surface area contributed by atoms with Crippen molar-refractivity contribution in [3.8, 4) is 0 Å². The number of nitrogens with one attached hydrogen (secondary N) is 1. The Morgan fingerprint density at radius 2 is 1.95 bits per heavy atom. The molecule has 5 heteroatoms. The van der Waals surface area contributed by atoms with E-state index in [0.29, 0.717) is 11.9 Å². The first-order valence-corrected chi connectivity index (χ1v) is 7.46. The first kappa shape index (κ1) is 20.2. The summed E-state index contributed by atoms with van der Waals surface area (Å²) >= 11 is 0. The van der Waals surface area contributed by atoms with Crippen molar-refractivity contribution in [3.05, 3.63) is 29.8 Å². The van der Waals surface area contributed by atoms with Crippen LogP contribution < -0.4 is 11.1 Å². The zero-order valence-electron chi connectivity index (χ0n) is 13.6. The van der Waals surface area contributed by atoms with Crippen molar-refractivity contribution in [2.75, 3.05) is 31.5 Å². The van der Waals surface area contributed by atoms with Crippen molar-refractivity contribution < 1.29 is 0 Å². The normalized spacial score (nSPS) is 11.6. The molecule has 1 aromatic rings. The van der Waals surface area contributed by atoms with Gasteiger partial charge in [-0.2, -0.15) is 0 Å². The zero-order valence-corrected chi connectivity index (χ0v) is 15.9. The molecule has 0 atom stereocenters. The van der Waals surface area contributed by atoms with Gasteiger partial charge in [-0.15, -0.1) is 24.0 Å². The number of guanidine groups is 1. The van der Waals surface area contributed by atoms with E-state index in [2.05, 4.69) is 55.0 Å². The summed E-state index contributed by atoms with van der Waals surface area (Å²) in [4.78, 5) is 6.70. The average Bonchev–Trinajstić information content (AvgIpc) is 2.44. The van der Waals surface area contributed by atoms with Gasteiger partial charge in [0.25, 0.3) is 0 Å². The lowest BCUT2D eigenvalue weighted by Crippen LogP contribution is -2.28. The molecule has 21 heavy (non-hydrogen) atoms. The van der Waals surface area contributed by atoms with E-state index < -0.39 is 0 Å². The highest BCUT2D eigenvalue weighted by Gasteiger charge is 2.01. The van der Waals surface area contributed by atoms with Crippen molar-refractivity contribution >= 4 is 35.6 Å². The number of nitrogens with two attached hydrogens (primary N) is 1. The number of aliphatic imine (C=N–C) groups is 1. The summed E-state index contributed by atoms with van der Waals surface area (Å²) in [6.45, 7) is 12.5. The largest absolute Gasteiger partial charge is 0.370 e. The van der Waals surface area contributed by atoms with Crippen molar-refractivity contribution in [3.63, 3.8) is 0 Å². The molecule has 120 valence electrons. The molecule has 0 bridgehead atoms. The van der Waals surface area contributed by atoms with Crippen LogP contribution in [0.4, 0.5) is 5.69 Å². The van der Waals surface area contributed by atoms with Crippen molar-refractivity contribution in [2.45, 2.75) is 33.6 Å². The summed E-state index contributed by atoms with van der Waals surface area (Å²) in [5.74, 6) is 0.996. The molecule has 3 N–H and O–H groups in total. The van der Waals surface area contributed by atoms with Crippen LogP contribution in [0.1, 0.15) is 39.2 Å². The SMILES string of the molecule is CCN(CC)CCN=C(N)Nc1cccc(C(C)C)c1.I. The number of likely N-dealkylation sites (N-methyl/N-ethyl adjacent to an activating group) is 1. The van der Waals surface area contributed by atoms with Gasteiger partial charge in [0, 0.05) is 12.2 Å². The second-order valence-corrected chi connectivity index (χ2v) is 5.20. The van der Waals surface area contributed by atoms with Crippen LogP contribution in [0.2, 0.25) is 0 Å². The highest BCUT2D eigenvalue weighted by atomic mass is 127. The van der Waals surface area contributed by atoms with E-state index >= 15 is 0 Å². The minimum atomic E-state index is 0. The highest BCUT2D eigenvalue weighted by molar-refractivity contribution is 14.0. The van der Waals surface area contributed by atoms with Crippen LogP contribution >= 0.6 is 24.0 Å². The molecule has 0 aliphatic rings. The van der Waals surface area contributed by atoms with E-state index in [9.17, 15) is 0 Å². The lowest BCUT2D eigenvalue weighted by molar-refractivity contribution is 0.313. The Bertz CT molecular complexity index is 428. The third kappa shape index (κ3) is 7.66. The molecule has 1 aromatic carbocycles. The van der Waals surface area contributed by atoms with Gasteiger partial charge in [0.1, 0.15) is 0 Å². The van der Waals surface area contributed by atoms with E-state index in [1.165, 1.54) is 5.56 Å². The maximum absolute atomic E-state index is 5.92. The van der Waals surface area contributed by atoms with Gasteiger partial charge < -0.3 is 16.0 Å². The highest BCUT2D eigenvalue weighted by Crippen LogP contribution is 2.18. The average molecular weight is 404 g/mol. The first-order chi connectivity index (χ1) is 9.56. The third-order valence-electron chi connectivity index (χ3n) is 3.42. The molecule has 0 saturated carbocycles. The van der Waals surface area contributed by atoms with Gasteiger partial charge in [-0.1, -0.05) is 39.8 Å². The van der Waals surface area contributed by atoms with Crippen LogP contribution in [0.3, 0.4) is 0 Å². The standard InChI is InChI=1S/C16H28N4.HI/c1-5-20(6-2)11-10-18-16(17)19-15-9-7-8-14(12-15)13(3)4;/h7-9,12-13H,5-6,10-11H2,1-4H3,(H3,17,18,19);1H. The van der Waals surface area contributed by atoms with Gasteiger partial charge in [0.05, 0.1) is 6.54 Å². The van der Waals surface area contributed by atoms with E-state index in [-0.39, 0.29) is 24.0 Å². The third-order valence-corrected chi connectivity index (χ3v) is 3.42. The Morgan fingerprint density at radius 3 is 2.52 bits per heavy atom. The molecule has 0 aliphatic carbocycles. The Kier molecular flexibility index (Phi) is 10.4. The fourth-order valence-corrected chi connectivity index (χ4v) is 2.01. The van der Waals surface area contributed by atoms with E-state index in [4.69, 9.17) is 5.73 Å². The van der Waals surface area contributed by atoms with Gasteiger partial charge in [-0.3, -0.25) is 4.99 Å². The lowest BCUT2D eigenvalue weighted by atomic mass is 10.0. The maximum Gasteiger partial charge on any atom is 0.193 e. The smallest absolute Gasteiger partial charge is 0.193 e. The molecule has 0 aliphatic heterocycles. The molecule has 0 aromatic heterocycles. The minimum Gasteiger partial charge on any atom is -0.370 e. The Morgan fingerprint density at radius 1 is 1.29 bits per heavy atom. The summed E-state index contributed by atoms with van der Waals surface area (Å²) < 4.78 is 0. The fourth-order valence-electron chi connectivity index (χ4n) is 2.01. The van der Waals surface area contributed by atoms with Gasteiger partial charge in [0.2, 0.25) is 0 Å². The molecule has 4 nitrogen and oxygen atoms in total. The van der Waals surface area contributed by atoms with E-state index in [0.717, 1.165) is 31.9 Å². The summed E-state index contributed by atoms with van der Waals surface area (Å²) in [6.07, 6.45) is 0. The molecule has 0 heterocycles. The van der Waals surface area contributed by atoms with Crippen LogP contribution in [-0.4, -0.2) is 37.0 Å². The van der Waals surface area contributed by atoms with E-state index in [1.807, 2.05) is 12.1 Å². The fraction of sp³-hybridized carbons (Fsp3) is 0.562. The van der Waals surface area contributed by atoms with Gasteiger partial charge in [-0.25, -0.2) is 0 Å². The van der Waals surface area contributed by atoms with Gasteiger partial charge >= 0.3 is 0 Å². The van der Waals surface area contributed by atoms with Crippen molar-refractivity contribution in [2.24, 2.45) is 10.7 Å². The first-order valence-electron chi connectivity index (χ1n) is 7.46. The number of anilines is 1. The van der Waals surface area contributed by atoms with E-state index in [1.54, 1.807) is 0 Å². The number of benzene rings is 1. The Hall–Kier alpha value is -0.820. The molecule has 0 amide bonds. The Labute approximate surface area is 146 Å². The van der Waals surface area contributed by atoms with Crippen molar-refractivity contribution in [1.82, 2.24) is 4.90 Å². The molecular weight excluding hydrogens is 375 g/mol. The zero-order chi connectivity index (χ0) is 15.0. The molecule has 0 spiro atoms.